The van der Waals surface area contributed by atoms with E-state index in [4.69, 9.17) is 0 Å². The number of hydrogen-bond acceptors (Lipinski definition) is 1. The highest BCUT2D eigenvalue weighted by Crippen LogP contribution is 2.35. The molecule has 2 rings (SSSR count). The van der Waals surface area contributed by atoms with E-state index in [2.05, 4.69) is 57.0 Å². The summed E-state index contributed by atoms with van der Waals surface area (Å²) in [5, 5.41) is 10.6. The summed E-state index contributed by atoms with van der Waals surface area (Å²) < 4.78 is 0.854. The maximum atomic E-state index is 10.6. The highest BCUT2D eigenvalue weighted by Gasteiger charge is 2.27. The number of quaternary nitrogens is 1. The molecule has 2 aromatic rings. The number of nitrogens with zero attached hydrogens (tertiary/aromatic N) is 1. The van der Waals surface area contributed by atoms with Crippen LogP contribution in [0.25, 0.3) is 0 Å². The normalized spacial score (nSPS) is 11.9. The van der Waals surface area contributed by atoms with Gasteiger partial charge in [-0.15, -0.1) is 0 Å². The van der Waals surface area contributed by atoms with E-state index in [1.807, 2.05) is 30.4 Å². The Hall–Kier alpha value is -2.10. The lowest BCUT2D eigenvalue weighted by Gasteiger charge is -2.37. The van der Waals surface area contributed by atoms with Gasteiger partial charge in [0.05, 0.1) is 26.2 Å². The van der Waals surface area contributed by atoms with Gasteiger partial charge in [0, 0.05) is 17.9 Å². The van der Waals surface area contributed by atoms with E-state index in [-0.39, 0.29) is 22.9 Å². The zero-order valence-corrected chi connectivity index (χ0v) is 18.4. The molecule has 0 aliphatic rings. The van der Waals surface area contributed by atoms with Crippen molar-refractivity contribution >= 4 is 0 Å². The summed E-state index contributed by atoms with van der Waals surface area (Å²) in [7, 11) is 0. The van der Waals surface area contributed by atoms with Gasteiger partial charge in [-0.05, 0) is 36.8 Å². The van der Waals surface area contributed by atoms with Crippen LogP contribution in [0.5, 0.6) is 5.75 Å². The summed E-state index contributed by atoms with van der Waals surface area (Å²) in [5.74, 6) is 0.506. The van der Waals surface area contributed by atoms with Crippen LogP contribution in [-0.2, 0) is 0 Å². The van der Waals surface area contributed by atoms with Gasteiger partial charge in [0.1, 0.15) is 5.75 Å². The third-order valence-electron chi connectivity index (χ3n) is 5.20. The molecule has 0 radical (unpaired) electrons. The highest BCUT2D eigenvalue weighted by molar-refractivity contribution is 5.43. The fraction of sp³-hybridized carbons (Fsp3) is 0.280. The Bertz CT molecular complexity index is 743. The zero-order chi connectivity index (χ0) is 19.7. The Morgan fingerprint density at radius 2 is 1.50 bits per heavy atom. The molecule has 0 aliphatic carbocycles. The second-order valence-corrected chi connectivity index (χ2v) is 7.29. The van der Waals surface area contributed by atoms with Crippen molar-refractivity contribution < 1.29 is 26.6 Å². The van der Waals surface area contributed by atoms with Gasteiger partial charge in [0.25, 0.3) is 0 Å². The second-order valence-electron chi connectivity index (χ2n) is 7.29. The number of halogens is 1. The molecule has 1 atom stereocenters. The minimum absolute atomic E-state index is 0. The highest BCUT2D eigenvalue weighted by atomic mass is 79.9. The van der Waals surface area contributed by atoms with Gasteiger partial charge in [-0.1, -0.05) is 67.8 Å². The molecule has 2 aromatic carbocycles. The van der Waals surface area contributed by atoms with Crippen LogP contribution in [0.2, 0.25) is 0 Å². The lowest BCUT2D eigenvalue weighted by molar-refractivity contribution is -0.912. The molecule has 0 heterocycles. The Kier molecular flexibility index (Phi) is 9.98. The minimum atomic E-state index is 0. The summed E-state index contributed by atoms with van der Waals surface area (Å²) >= 11 is 0. The fourth-order valence-electron chi connectivity index (χ4n) is 3.86. The van der Waals surface area contributed by atoms with Gasteiger partial charge >= 0.3 is 0 Å². The first-order valence-corrected chi connectivity index (χ1v) is 9.57. The van der Waals surface area contributed by atoms with E-state index < -0.39 is 0 Å². The van der Waals surface area contributed by atoms with E-state index in [9.17, 15) is 5.11 Å². The van der Waals surface area contributed by atoms with Crippen LogP contribution in [0.4, 0.5) is 0 Å². The standard InChI is InChI=1S/C25H31NO.BrH/c1-5-16-26(17-6-2,18-7-3)19-15-23(22-11-9-8-10-12-22)24-20-21(4)13-14-25(24)27;/h5-14,20,23H,1-3,15-19H2,4H3;1H. The van der Waals surface area contributed by atoms with Crippen molar-refractivity contribution in [2.24, 2.45) is 0 Å². The van der Waals surface area contributed by atoms with Gasteiger partial charge in [-0.3, -0.25) is 0 Å². The Labute approximate surface area is 180 Å². The van der Waals surface area contributed by atoms with Crippen LogP contribution >= 0.6 is 0 Å². The Morgan fingerprint density at radius 1 is 0.929 bits per heavy atom. The van der Waals surface area contributed by atoms with Crippen molar-refractivity contribution in [1.82, 2.24) is 0 Å². The van der Waals surface area contributed by atoms with Crippen LogP contribution in [0.1, 0.15) is 29.0 Å². The number of hydrogen-bond donors (Lipinski definition) is 1. The molecule has 0 spiro atoms. The number of phenolic OH excluding ortho intramolecular Hbond substituents is 1. The van der Waals surface area contributed by atoms with E-state index in [0.29, 0.717) is 5.75 Å². The van der Waals surface area contributed by atoms with Crippen LogP contribution in [0.3, 0.4) is 0 Å². The van der Waals surface area contributed by atoms with Crippen molar-refractivity contribution in [3.8, 4) is 5.75 Å². The summed E-state index contributed by atoms with van der Waals surface area (Å²) in [6, 6.07) is 16.3. The molecule has 1 N–H and O–H groups in total. The van der Waals surface area contributed by atoms with Gasteiger partial charge in [-0.25, -0.2) is 0 Å². The molecular formula is C25H32BrNO. The molecule has 0 amide bonds. The Balaban J connectivity index is 0.00000392. The summed E-state index contributed by atoms with van der Waals surface area (Å²) in [5.41, 5.74) is 3.38. The lowest BCUT2D eigenvalue weighted by Crippen LogP contribution is -3.00. The van der Waals surface area contributed by atoms with Gasteiger partial charge in [-0.2, -0.15) is 0 Å². The summed E-state index contributed by atoms with van der Waals surface area (Å²) in [6.45, 7) is 17.5. The topological polar surface area (TPSA) is 20.2 Å². The number of rotatable bonds is 11. The maximum absolute atomic E-state index is 10.6. The third-order valence-corrected chi connectivity index (χ3v) is 5.20. The third kappa shape index (κ3) is 6.22. The predicted molar refractivity (Wildman–Crippen MR) is 116 cm³/mol. The van der Waals surface area contributed by atoms with Crippen molar-refractivity contribution in [2.75, 3.05) is 26.2 Å². The van der Waals surface area contributed by atoms with Gasteiger partial charge < -0.3 is 26.6 Å². The Morgan fingerprint density at radius 3 is 2.04 bits per heavy atom. The van der Waals surface area contributed by atoms with E-state index in [1.165, 1.54) is 5.56 Å². The van der Waals surface area contributed by atoms with E-state index in [1.54, 1.807) is 6.07 Å². The molecule has 2 nitrogen and oxygen atoms in total. The van der Waals surface area contributed by atoms with Crippen molar-refractivity contribution in [3.05, 3.63) is 103 Å². The maximum Gasteiger partial charge on any atom is 0.119 e. The number of aromatic hydroxyl groups is 1. The first-order chi connectivity index (χ1) is 13.0. The average molecular weight is 442 g/mol. The second kappa shape index (κ2) is 11.7. The number of aryl methyl sites for hydroxylation is 1. The van der Waals surface area contributed by atoms with Gasteiger partial charge in [0.15, 0.2) is 0 Å². The molecule has 0 saturated carbocycles. The minimum Gasteiger partial charge on any atom is -1.00 e. The molecule has 0 aliphatic heterocycles. The van der Waals surface area contributed by atoms with Crippen LogP contribution in [0, 0.1) is 6.92 Å². The first kappa shape index (κ1) is 23.9. The van der Waals surface area contributed by atoms with Crippen molar-refractivity contribution in [2.45, 2.75) is 19.3 Å². The molecule has 0 bridgehead atoms. The van der Waals surface area contributed by atoms with Crippen LogP contribution in [-0.4, -0.2) is 35.8 Å². The number of phenols is 1. The number of benzene rings is 2. The van der Waals surface area contributed by atoms with Crippen LogP contribution < -0.4 is 17.0 Å². The molecule has 0 fully saturated rings. The largest absolute Gasteiger partial charge is 1.00 e. The smallest absolute Gasteiger partial charge is 0.119 e. The van der Waals surface area contributed by atoms with Gasteiger partial charge in [0.2, 0.25) is 0 Å². The van der Waals surface area contributed by atoms with Crippen LogP contribution in [0.15, 0.2) is 86.5 Å². The molecule has 1 unspecified atom stereocenters. The molecule has 28 heavy (non-hydrogen) atoms. The predicted octanol–water partition coefficient (Wildman–Crippen LogP) is 2.60. The quantitative estimate of drug-likeness (QED) is 0.419. The lowest BCUT2D eigenvalue weighted by atomic mass is 9.86. The van der Waals surface area contributed by atoms with Crippen molar-refractivity contribution in [3.63, 3.8) is 0 Å². The monoisotopic (exact) mass is 441 g/mol. The molecule has 0 aromatic heterocycles. The van der Waals surface area contributed by atoms with Crippen molar-refractivity contribution in [1.29, 1.82) is 0 Å². The molecule has 3 heteroatoms. The average Bonchev–Trinajstić information content (AvgIpc) is 2.66. The van der Waals surface area contributed by atoms with E-state index >= 15 is 0 Å². The summed E-state index contributed by atoms with van der Waals surface area (Å²) in [6.07, 6.45) is 6.87. The van der Waals surface area contributed by atoms with E-state index in [0.717, 1.165) is 48.2 Å². The first-order valence-electron chi connectivity index (χ1n) is 9.57. The molecule has 150 valence electrons. The fourth-order valence-corrected chi connectivity index (χ4v) is 3.86. The molecule has 0 saturated heterocycles. The molecular weight excluding hydrogens is 410 g/mol. The summed E-state index contributed by atoms with van der Waals surface area (Å²) in [4.78, 5) is 0. The zero-order valence-electron chi connectivity index (χ0n) is 16.9. The SMILES string of the molecule is C=CC[N+](CC=C)(CC=C)CCC(c1ccccc1)c1cc(C)ccc1O.[Br-].